The minimum Gasteiger partial charge on any atom is -0.345 e. The number of hydrogen-bond donors (Lipinski definition) is 0. The highest BCUT2D eigenvalue weighted by atomic mass is 32.2. The zero-order valence-electron chi connectivity index (χ0n) is 17.0. The average Bonchev–Trinajstić information content (AvgIpc) is 3.08. The van der Waals surface area contributed by atoms with Crippen LogP contribution in [0.3, 0.4) is 0 Å². The van der Waals surface area contributed by atoms with E-state index < -0.39 is 21.8 Å². The molecule has 1 aliphatic rings. The van der Waals surface area contributed by atoms with Gasteiger partial charge in [-0.15, -0.1) is 0 Å². The Bertz CT molecular complexity index is 1170. The number of anilines is 1. The first-order valence-electron chi connectivity index (χ1n) is 10.0. The van der Waals surface area contributed by atoms with Crippen molar-refractivity contribution in [3.05, 3.63) is 71.5 Å². The molecule has 1 saturated heterocycles. The number of halogens is 3. The summed E-state index contributed by atoms with van der Waals surface area (Å²) in [6.45, 7) is 1.36. The Balaban J connectivity index is 1.45. The summed E-state index contributed by atoms with van der Waals surface area (Å²) >= 11 is 1.27. The molecule has 0 amide bonds. The SMILES string of the molecule is O=S(=O)(c1cccc(C(F)(F)F)c1)N1CCCN(c2nc(Cc3ccccc3)ns2)CC1. The zero-order valence-corrected chi connectivity index (χ0v) is 18.6. The Labute approximate surface area is 188 Å². The fourth-order valence-corrected chi connectivity index (χ4v) is 5.78. The smallest absolute Gasteiger partial charge is 0.345 e. The third kappa shape index (κ3) is 5.11. The van der Waals surface area contributed by atoms with Crippen molar-refractivity contribution in [3.63, 3.8) is 0 Å². The van der Waals surface area contributed by atoms with Crippen molar-refractivity contribution in [1.29, 1.82) is 0 Å². The van der Waals surface area contributed by atoms with E-state index >= 15 is 0 Å². The minimum absolute atomic E-state index is 0.159. The molecule has 1 aromatic heterocycles. The van der Waals surface area contributed by atoms with Crippen molar-refractivity contribution in [1.82, 2.24) is 13.7 Å². The van der Waals surface area contributed by atoms with E-state index in [0.29, 0.717) is 43.0 Å². The minimum atomic E-state index is -4.60. The van der Waals surface area contributed by atoms with Gasteiger partial charge in [0.25, 0.3) is 0 Å². The Hall–Kier alpha value is -2.50. The Morgan fingerprint density at radius 1 is 0.969 bits per heavy atom. The highest BCUT2D eigenvalue weighted by Crippen LogP contribution is 2.31. The predicted molar refractivity (Wildman–Crippen MR) is 116 cm³/mol. The molecule has 3 aromatic rings. The van der Waals surface area contributed by atoms with E-state index in [1.807, 2.05) is 35.2 Å². The number of benzene rings is 2. The van der Waals surface area contributed by atoms with Crippen LogP contribution in [0.15, 0.2) is 59.5 Å². The number of aromatic nitrogens is 2. The molecule has 0 radical (unpaired) electrons. The number of sulfonamides is 1. The molecule has 1 aliphatic heterocycles. The van der Waals surface area contributed by atoms with Crippen LogP contribution in [0.1, 0.15) is 23.4 Å². The molecular formula is C21H21F3N4O2S2. The third-order valence-electron chi connectivity index (χ3n) is 5.19. The van der Waals surface area contributed by atoms with Crippen molar-refractivity contribution in [2.45, 2.75) is 23.9 Å². The number of hydrogen-bond acceptors (Lipinski definition) is 6. The summed E-state index contributed by atoms with van der Waals surface area (Å²) in [7, 11) is -4.04. The highest BCUT2D eigenvalue weighted by Gasteiger charge is 2.33. The van der Waals surface area contributed by atoms with Crippen LogP contribution in [0.5, 0.6) is 0 Å². The fraction of sp³-hybridized carbons (Fsp3) is 0.333. The summed E-state index contributed by atoms with van der Waals surface area (Å²) in [6, 6.07) is 13.7. The zero-order chi connectivity index (χ0) is 22.8. The molecule has 170 valence electrons. The molecule has 32 heavy (non-hydrogen) atoms. The topological polar surface area (TPSA) is 66.4 Å². The number of alkyl halides is 3. The van der Waals surface area contributed by atoms with Gasteiger partial charge in [-0.2, -0.15) is 21.9 Å². The van der Waals surface area contributed by atoms with E-state index in [-0.39, 0.29) is 18.0 Å². The first-order chi connectivity index (χ1) is 15.2. The number of rotatable bonds is 5. The van der Waals surface area contributed by atoms with E-state index in [0.717, 1.165) is 17.7 Å². The molecule has 0 aliphatic carbocycles. The molecule has 2 heterocycles. The molecule has 0 spiro atoms. The van der Waals surface area contributed by atoms with E-state index in [1.165, 1.54) is 21.9 Å². The molecule has 6 nitrogen and oxygen atoms in total. The van der Waals surface area contributed by atoms with Gasteiger partial charge in [0, 0.05) is 44.1 Å². The van der Waals surface area contributed by atoms with Gasteiger partial charge in [-0.1, -0.05) is 36.4 Å². The van der Waals surface area contributed by atoms with E-state index in [1.54, 1.807) is 0 Å². The summed E-state index contributed by atoms with van der Waals surface area (Å²) in [6.07, 6.45) is -3.45. The number of nitrogens with zero attached hydrogens (tertiary/aromatic N) is 4. The maximum absolute atomic E-state index is 13.0. The van der Waals surface area contributed by atoms with Crippen molar-refractivity contribution < 1.29 is 21.6 Å². The fourth-order valence-electron chi connectivity index (χ4n) is 3.53. The van der Waals surface area contributed by atoms with Crippen LogP contribution in [0.4, 0.5) is 18.3 Å². The summed E-state index contributed by atoms with van der Waals surface area (Å²) in [5, 5.41) is 0.717. The highest BCUT2D eigenvalue weighted by molar-refractivity contribution is 7.89. The second kappa shape index (κ2) is 9.16. The quantitative estimate of drug-likeness (QED) is 0.549. The molecule has 1 fully saturated rings. The maximum atomic E-state index is 13.0. The second-order valence-electron chi connectivity index (χ2n) is 7.43. The summed E-state index contributed by atoms with van der Waals surface area (Å²) in [5.41, 5.74) is 0.126. The van der Waals surface area contributed by atoms with Crippen LogP contribution in [-0.4, -0.2) is 48.3 Å². The van der Waals surface area contributed by atoms with Crippen LogP contribution < -0.4 is 4.90 Å². The van der Waals surface area contributed by atoms with Gasteiger partial charge in [-0.25, -0.2) is 13.4 Å². The van der Waals surface area contributed by atoms with Gasteiger partial charge >= 0.3 is 6.18 Å². The Morgan fingerprint density at radius 3 is 2.50 bits per heavy atom. The van der Waals surface area contributed by atoms with Gasteiger partial charge in [0.2, 0.25) is 15.2 Å². The first-order valence-corrected chi connectivity index (χ1v) is 12.2. The molecule has 2 aromatic carbocycles. The molecule has 0 unspecified atom stereocenters. The lowest BCUT2D eigenvalue weighted by Crippen LogP contribution is -2.35. The van der Waals surface area contributed by atoms with Crippen molar-refractivity contribution >= 4 is 26.7 Å². The lowest BCUT2D eigenvalue weighted by Gasteiger charge is -2.21. The van der Waals surface area contributed by atoms with Crippen LogP contribution in [0.25, 0.3) is 0 Å². The van der Waals surface area contributed by atoms with Gasteiger partial charge in [-0.3, -0.25) is 0 Å². The maximum Gasteiger partial charge on any atom is 0.416 e. The van der Waals surface area contributed by atoms with Gasteiger partial charge in [-0.05, 0) is 30.2 Å². The van der Waals surface area contributed by atoms with Crippen molar-refractivity contribution in [2.75, 3.05) is 31.1 Å². The molecule has 4 rings (SSSR count). The summed E-state index contributed by atoms with van der Waals surface area (Å²) in [5.74, 6) is 0.703. The molecule has 0 atom stereocenters. The van der Waals surface area contributed by atoms with Crippen LogP contribution in [0, 0.1) is 0 Å². The largest absolute Gasteiger partial charge is 0.416 e. The Morgan fingerprint density at radius 2 is 1.75 bits per heavy atom. The normalized spacial score (nSPS) is 16.2. The molecule has 0 N–H and O–H groups in total. The van der Waals surface area contributed by atoms with Crippen molar-refractivity contribution in [2.24, 2.45) is 0 Å². The van der Waals surface area contributed by atoms with E-state index in [2.05, 4.69) is 9.36 Å². The lowest BCUT2D eigenvalue weighted by atomic mass is 10.1. The van der Waals surface area contributed by atoms with Crippen LogP contribution >= 0.6 is 11.5 Å². The summed E-state index contributed by atoms with van der Waals surface area (Å²) in [4.78, 5) is 6.23. The van der Waals surface area contributed by atoms with Gasteiger partial charge in [0.15, 0.2) is 0 Å². The van der Waals surface area contributed by atoms with Crippen LogP contribution in [0.2, 0.25) is 0 Å². The third-order valence-corrected chi connectivity index (χ3v) is 7.90. The first kappa shape index (κ1) is 22.7. The average molecular weight is 483 g/mol. The van der Waals surface area contributed by atoms with E-state index in [9.17, 15) is 21.6 Å². The predicted octanol–water partition coefficient (Wildman–Crippen LogP) is 4.05. The lowest BCUT2D eigenvalue weighted by molar-refractivity contribution is -0.137. The van der Waals surface area contributed by atoms with Gasteiger partial charge in [0.05, 0.1) is 10.5 Å². The molecule has 11 heteroatoms. The standard InChI is InChI=1S/C21H21F3N4O2S2/c22-21(23,24)17-8-4-9-18(15-17)32(29,30)28-11-5-10-27(12-13-28)20-25-19(26-31-20)14-16-6-2-1-3-7-16/h1-4,6-9,15H,5,10-14H2. The molecule has 0 bridgehead atoms. The van der Waals surface area contributed by atoms with Gasteiger partial charge < -0.3 is 4.90 Å². The van der Waals surface area contributed by atoms with Gasteiger partial charge in [0.1, 0.15) is 5.82 Å². The molecular weight excluding hydrogens is 461 g/mol. The van der Waals surface area contributed by atoms with Crippen molar-refractivity contribution in [3.8, 4) is 0 Å². The summed E-state index contributed by atoms with van der Waals surface area (Å²) < 4.78 is 70.7. The monoisotopic (exact) mass is 482 g/mol. The second-order valence-corrected chi connectivity index (χ2v) is 10.1. The van der Waals surface area contributed by atoms with E-state index in [4.69, 9.17) is 0 Å². The Kier molecular flexibility index (Phi) is 6.50. The van der Waals surface area contributed by atoms with Crippen LogP contribution in [-0.2, 0) is 22.6 Å². The molecule has 0 saturated carbocycles.